The molecule has 1 fully saturated rings. The van der Waals surface area contributed by atoms with Gasteiger partial charge < -0.3 is 5.32 Å². The van der Waals surface area contributed by atoms with E-state index in [2.05, 4.69) is 63.0 Å². The molecule has 0 amide bonds. The van der Waals surface area contributed by atoms with Crippen LogP contribution >= 0.6 is 0 Å². The van der Waals surface area contributed by atoms with Crippen LogP contribution in [-0.4, -0.2) is 6.54 Å². The maximum absolute atomic E-state index is 4.32. The van der Waals surface area contributed by atoms with E-state index in [-0.39, 0.29) is 0 Å². The van der Waals surface area contributed by atoms with Gasteiger partial charge in [-0.25, -0.2) is 0 Å². The van der Waals surface area contributed by atoms with Gasteiger partial charge in [-0.1, -0.05) is 64.1 Å². The lowest BCUT2D eigenvalue weighted by Gasteiger charge is -2.34. The summed E-state index contributed by atoms with van der Waals surface area (Å²) in [6.45, 7) is 12.3. The fourth-order valence-corrected chi connectivity index (χ4v) is 3.33. The van der Waals surface area contributed by atoms with Gasteiger partial charge in [0.25, 0.3) is 0 Å². The molecular formula is C19H29N. The van der Waals surface area contributed by atoms with Gasteiger partial charge >= 0.3 is 0 Å². The first-order chi connectivity index (χ1) is 9.58. The van der Waals surface area contributed by atoms with Crippen molar-refractivity contribution in [3.05, 3.63) is 48.2 Å². The van der Waals surface area contributed by atoms with Gasteiger partial charge in [0.1, 0.15) is 0 Å². The molecule has 1 aliphatic rings. The molecule has 20 heavy (non-hydrogen) atoms. The summed E-state index contributed by atoms with van der Waals surface area (Å²) in [5.74, 6) is 2.81. The second-order valence-electron chi connectivity index (χ2n) is 6.72. The molecule has 4 atom stereocenters. The van der Waals surface area contributed by atoms with Crippen molar-refractivity contribution in [3.63, 3.8) is 0 Å². The van der Waals surface area contributed by atoms with Crippen molar-refractivity contribution in [1.82, 2.24) is 5.32 Å². The number of allylic oxidation sites excluding steroid dienone is 1. The van der Waals surface area contributed by atoms with Gasteiger partial charge in [-0.05, 0) is 36.2 Å². The zero-order valence-corrected chi connectivity index (χ0v) is 13.2. The van der Waals surface area contributed by atoms with E-state index in [1.54, 1.807) is 0 Å². The van der Waals surface area contributed by atoms with Crippen molar-refractivity contribution in [2.24, 2.45) is 17.8 Å². The molecule has 1 heteroatoms. The lowest BCUT2D eigenvalue weighted by atomic mass is 9.74. The Hall–Kier alpha value is -1.24. The van der Waals surface area contributed by atoms with Crippen molar-refractivity contribution in [2.75, 3.05) is 6.54 Å². The molecule has 0 saturated heterocycles. The van der Waals surface area contributed by atoms with Crippen molar-refractivity contribution in [3.8, 4) is 0 Å². The molecule has 1 aromatic rings. The second kappa shape index (κ2) is 6.97. The van der Waals surface area contributed by atoms with Crippen LogP contribution in [0, 0.1) is 17.8 Å². The second-order valence-corrected chi connectivity index (χ2v) is 6.72. The van der Waals surface area contributed by atoms with E-state index < -0.39 is 0 Å². The molecule has 2 rings (SSSR count). The first-order valence-corrected chi connectivity index (χ1v) is 8.05. The highest BCUT2D eigenvalue weighted by molar-refractivity contribution is 5.19. The van der Waals surface area contributed by atoms with Crippen LogP contribution in [0.15, 0.2) is 42.6 Å². The van der Waals surface area contributed by atoms with Gasteiger partial charge in [0.05, 0.1) is 0 Å². The van der Waals surface area contributed by atoms with E-state index in [0.717, 1.165) is 18.4 Å². The topological polar surface area (TPSA) is 12.0 Å². The first-order valence-electron chi connectivity index (χ1n) is 8.05. The molecule has 4 unspecified atom stereocenters. The number of rotatable bonds is 5. The highest BCUT2D eigenvalue weighted by Crippen LogP contribution is 2.36. The summed E-state index contributed by atoms with van der Waals surface area (Å²) in [7, 11) is 0. The molecule has 1 N–H and O–H groups in total. The Morgan fingerprint density at radius 3 is 2.65 bits per heavy atom. The average molecular weight is 271 g/mol. The Kier molecular flexibility index (Phi) is 5.28. The Bertz CT molecular complexity index is 423. The minimum absolute atomic E-state index is 0.532. The standard InChI is InChI=1S/C19H29N/c1-14-10-11-15(2)19(12-14)17(4)20-13-16(3)18-8-6-5-7-9-18/h5-9,14-16,19-20H,4,10-13H2,1-3H3. The largest absolute Gasteiger partial charge is 0.388 e. The third-order valence-electron chi connectivity index (χ3n) is 4.91. The number of benzene rings is 1. The number of hydrogen-bond donors (Lipinski definition) is 1. The van der Waals surface area contributed by atoms with Crippen molar-refractivity contribution < 1.29 is 0 Å². The van der Waals surface area contributed by atoms with Gasteiger partial charge in [-0.2, -0.15) is 0 Å². The minimum atomic E-state index is 0.532. The van der Waals surface area contributed by atoms with Gasteiger partial charge in [0, 0.05) is 18.2 Å². The lowest BCUT2D eigenvalue weighted by molar-refractivity contribution is 0.226. The van der Waals surface area contributed by atoms with Crippen LogP contribution in [0.3, 0.4) is 0 Å². The van der Waals surface area contributed by atoms with Crippen molar-refractivity contribution in [2.45, 2.75) is 46.0 Å². The summed E-state index contributed by atoms with van der Waals surface area (Å²) in [4.78, 5) is 0. The Labute approximate surface area is 124 Å². The molecule has 0 aliphatic heterocycles. The molecule has 1 aromatic carbocycles. The third-order valence-corrected chi connectivity index (χ3v) is 4.91. The molecule has 0 radical (unpaired) electrons. The zero-order chi connectivity index (χ0) is 14.5. The van der Waals surface area contributed by atoms with E-state index in [1.807, 2.05) is 0 Å². The fourth-order valence-electron chi connectivity index (χ4n) is 3.33. The fraction of sp³-hybridized carbons (Fsp3) is 0.579. The molecule has 1 aliphatic carbocycles. The monoisotopic (exact) mass is 271 g/mol. The maximum atomic E-state index is 4.32. The van der Waals surface area contributed by atoms with Crippen molar-refractivity contribution >= 4 is 0 Å². The van der Waals surface area contributed by atoms with Crippen LogP contribution in [0.2, 0.25) is 0 Å². The SMILES string of the molecule is C=C(NCC(C)c1ccccc1)C1CC(C)CCC1C. The summed E-state index contributed by atoms with van der Waals surface area (Å²) in [5, 5.41) is 3.61. The highest BCUT2D eigenvalue weighted by atomic mass is 14.9. The summed E-state index contributed by atoms with van der Waals surface area (Å²) in [6.07, 6.45) is 4.03. The normalized spacial score (nSPS) is 27.9. The third kappa shape index (κ3) is 3.88. The van der Waals surface area contributed by atoms with Crippen LogP contribution in [-0.2, 0) is 0 Å². The van der Waals surface area contributed by atoms with Gasteiger partial charge in [0.15, 0.2) is 0 Å². The van der Waals surface area contributed by atoms with Crippen LogP contribution < -0.4 is 5.32 Å². The number of nitrogens with one attached hydrogen (secondary N) is 1. The molecule has 1 saturated carbocycles. The summed E-state index contributed by atoms with van der Waals surface area (Å²) < 4.78 is 0. The Balaban J connectivity index is 1.85. The van der Waals surface area contributed by atoms with Gasteiger partial charge in [0.2, 0.25) is 0 Å². The minimum Gasteiger partial charge on any atom is -0.388 e. The van der Waals surface area contributed by atoms with E-state index in [0.29, 0.717) is 11.8 Å². The zero-order valence-electron chi connectivity index (χ0n) is 13.2. The predicted molar refractivity (Wildman–Crippen MR) is 87.7 cm³/mol. The molecule has 0 aromatic heterocycles. The van der Waals surface area contributed by atoms with E-state index in [9.17, 15) is 0 Å². The average Bonchev–Trinajstić information content (AvgIpc) is 2.47. The van der Waals surface area contributed by atoms with E-state index in [1.165, 1.54) is 30.5 Å². The van der Waals surface area contributed by atoms with Gasteiger partial charge in [-0.3, -0.25) is 0 Å². The summed E-state index contributed by atoms with van der Waals surface area (Å²) in [6, 6.07) is 10.7. The Morgan fingerprint density at radius 2 is 1.95 bits per heavy atom. The van der Waals surface area contributed by atoms with Gasteiger partial charge in [-0.15, -0.1) is 0 Å². The Morgan fingerprint density at radius 1 is 1.25 bits per heavy atom. The molecular weight excluding hydrogens is 242 g/mol. The molecule has 0 bridgehead atoms. The molecule has 0 heterocycles. The van der Waals surface area contributed by atoms with E-state index in [4.69, 9.17) is 0 Å². The van der Waals surface area contributed by atoms with Crippen LogP contribution in [0.5, 0.6) is 0 Å². The quantitative estimate of drug-likeness (QED) is 0.797. The van der Waals surface area contributed by atoms with Crippen LogP contribution in [0.1, 0.15) is 51.5 Å². The lowest BCUT2D eigenvalue weighted by Crippen LogP contribution is -2.31. The van der Waals surface area contributed by atoms with Crippen molar-refractivity contribution in [1.29, 1.82) is 0 Å². The first kappa shape index (κ1) is 15.2. The molecule has 110 valence electrons. The van der Waals surface area contributed by atoms with E-state index >= 15 is 0 Å². The summed E-state index contributed by atoms with van der Waals surface area (Å²) in [5.41, 5.74) is 2.66. The maximum Gasteiger partial charge on any atom is 0.0210 e. The van der Waals surface area contributed by atoms with Crippen LogP contribution in [0.25, 0.3) is 0 Å². The number of hydrogen-bond acceptors (Lipinski definition) is 1. The molecule has 0 spiro atoms. The highest BCUT2D eigenvalue weighted by Gasteiger charge is 2.27. The molecule has 1 nitrogen and oxygen atoms in total. The predicted octanol–water partition coefficient (Wildman–Crippen LogP) is 4.97. The summed E-state index contributed by atoms with van der Waals surface area (Å²) >= 11 is 0. The van der Waals surface area contributed by atoms with Crippen LogP contribution in [0.4, 0.5) is 0 Å². The smallest absolute Gasteiger partial charge is 0.0210 e.